The van der Waals surface area contributed by atoms with Gasteiger partial charge < -0.3 is 19.9 Å². The van der Waals surface area contributed by atoms with Crippen molar-refractivity contribution in [3.63, 3.8) is 0 Å². The van der Waals surface area contributed by atoms with E-state index in [1.54, 1.807) is 6.33 Å². The molecular formula is C20H29FN6O. The molecular weight excluding hydrogens is 359 g/mol. The van der Waals surface area contributed by atoms with E-state index in [0.29, 0.717) is 5.92 Å². The van der Waals surface area contributed by atoms with Gasteiger partial charge in [0.15, 0.2) is 5.96 Å². The van der Waals surface area contributed by atoms with Crippen molar-refractivity contribution < 1.29 is 9.13 Å². The molecule has 2 aromatic rings. The van der Waals surface area contributed by atoms with Gasteiger partial charge in [0.1, 0.15) is 18.0 Å². The minimum absolute atomic E-state index is 0.208. The third-order valence-corrected chi connectivity index (χ3v) is 4.81. The van der Waals surface area contributed by atoms with E-state index in [1.165, 1.54) is 12.1 Å². The molecule has 2 N–H and O–H groups in total. The molecule has 1 aliphatic rings. The van der Waals surface area contributed by atoms with Crippen LogP contribution in [-0.2, 0) is 24.1 Å². The standard InChI is InChI=1S/C20H29FN6O/c1-2-19-26-25-15-27(19)11-10-23-20(24-13-17-8-12-28-14-17)22-9-7-16-3-5-18(21)6-4-16/h3-6,15,17H,2,7-14H2,1H3,(H2,22,23,24). The number of aryl methyl sites for hydroxylation is 1. The largest absolute Gasteiger partial charge is 0.381 e. The van der Waals surface area contributed by atoms with Crippen LogP contribution in [0.1, 0.15) is 24.7 Å². The normalized spacial score (nSPS) is 17.1. The van der Waals surface area contributed by atoms with Gasteiger partial charge in [-0.25, -0.2) is 4.39 Å². The Bertz CT molecular complexity index is 739. The van der Waals surface area contributed by atoms with Crippen molar-refractivity contribution in [2.24, 2.45) is 10.9 Å². The van der Waals surface area contributed by atoms with Gasteiger partial charge >= 0.3 is 0 Å². The zero-order valence-corrected chi connectivity index (χ0v) is 16.4. The van der Waals surface area contributed by atoms with Crippen molar-refractivity contribution in [2.75, 3.05) is 32.8 Å². The minimum Gasteiger partial charge on any atom is -0.381 e. The molecule has 0 saturated carbocycles. The Kier molecular flexibility index (Phi) is 7.78. The fraction of sp³-hybridized carbons (Fsp3) is 0.550. The van der Waals surface area contributed by atoms with Crippen LogP contribution in [0, 0.1) is 11.7 Å². The Morgan fingerprint density at radius 2 is 2.11 bits per heavy atom. The van der Waals surface area contributed by atoms with Crippen LogP contribution in [0.15, 0.2) is 35.6 Å². The van der Waals surface area contributed by atoms with Crippen LogP contribution < -0.4 is 10.6 Å². The van der Waals surface area contributed by atoms with Gasteiger partial charge in [-0.2, -0.15) is 0 Å². The van der Waals surface area contributed by atoms with Crippen LogP contribution in [0.25, 0.3) is 0 Å². The third-order valence-electron chi connectivity index (χ3n) is 4.81. The molecule has 1 aromatic carbocycles. The second kappa shape index (κ2) is 10.8. The summed E-state index contributed by atoms with van der Waals surface area (Å²) in [6, 6.07) is 6.62. The highest BCUT2D eigenvalue weighted by Gasteiger charge is 2.15. The monoisotopic (exact) mass is 388 g/mol. The number of nitrogens with zero attached hydrogens (tertiary/aromatic N) is 4. The summed E-state index contributed by atoms with van der Waals surface area (Å²) in [5.41, 5.74) is 1.09. The van der Waals surface area contributed by atoms with Crippen LogP contribution in [0.4, 0.5) is 4.39 Å². The van der Waals surface area contributed by atoms with Crippen LogP contribution in [-0.4, -0.2) is 53.6 Å². The third kappa shape index (κ3) is 6.30. The van der Waals surface area contributed by atoms with E-state index < -0.39 is 0 Å². The number of rotatable bonds is 9. The lowest BCUT2D eigenvalue weighted by atomic mass is 10.1. The van der Waals surface area contributed by atoms with Gasteiger partial charge in [0.2, 0.25) is 0 Å². The van der Waals surface area contributed by atoms with E-state index in [2.05, 4.69) is 27.8 Å². The first kappa shape index (κ1) is 20.3. The lowest BCUT2D eigenvalue weighted by Gasteiger charge is -2.14. The zero-order chi connectivity index (χ0) is 19.6. The molecule has 3 rings (SSSR count). The Hall–Kier alpha value is -2.48. The zero-order valence-electron chi connectivity index (χ0n) is 16.4. The number of benzene rings is 1. The van der Waals surface area contributed by atoms with Gasteiger partial charge in [-0.15, -0.1) is 10.2 Å². The minimum atomic E-state index is -0.208. The lowest BCUT2D eigenvalue weighted by molar-refractivity contribution is 0.187. The molecule has 1 unspecified atom stereocenters. The summed E-state index contributed by atoms with van der Waals surface area (Å²) in [5.74, 6) is 2.05. The highest BCUT2D eigenvalue weighted by atomic mass is 19.1. The first-order valence-electron chi connectivity index (χ1n) is 9.95. The molecule has 0 radical (unpaired) electrons. The van der Waals surface area contributed by atoms with Gasteiger partial charge in [0.05, 0.1) is 6.61 Å². The Morgan fingerprint density at radius 3 is 2.86 bits per heavy atom. The van der Waals surface area contributed by atoms with E-state index in [9.17, 15) is 4.39 Å². The van der Waals surface area contributed by atoms with Crippen molar-refractivity contribution >= 4 is 5.96 Å². The molecule has 28 heavy (non-hydrogen) atoms. The number of hydrogen-bond acceptors (Lipinski definition) is 4. The molecule has 1 aliphatic heterocycles. The summed E-state index contributed by atoms with van der Waals surface area (Å²) in [4.78, 5) is 4.73. The number of nitrogens with one attached hydrogen (secondary N) is 2. The summed E-state index contributed by atoms with van der Waals surface area (Å²) in [6.07, 6.45) is 4.49. The van der Waals surface area contributed by atoms with Crippen molar-refractivity contribution in [2.45, 2.75) is 32.7 Å². The summed E-state index contributed by atoms with van der Waals surface area (Å²) in [6.45, 7) is 6.67. The number of ether oxygens (including phenoxy) is 1. The Morgan fingerprint density at radius 1 is 1.29 bits per heavy atom. The quantitative estimate of drug-likeness (QED) is 0.506. The topological polar surface area (TPSA) is 76.4 Å². The van der Waals surface area contributed by atoms with E-state index in [-0.39, 0.29) is 5.82 Å². The molecule has 1 saturated heterocycles. The smallest absolute Gasteiger partial charge is 0.191 e. The van der Waals surface area contributed by atoms with Gasteiger partial charge in [-0.1, -0.05) is 19.1 Å². The molecule has 0 bridgehead atoms. The van der Waals surface area contributed by atoms with Crippen molar-refractivity contribution in [1.82, 2.24) is 25.4 Å². The second-order valence-corrected chi connectivity index (χ2v) is 6.94. The summed E-state index contributed by atoms with van der Waals surface area (Å²) in [7, 11) is 0. The summed E-state index contributed by atoms with van der Waals surface area (Å²) in [5, 5.41) is 14.8. The van der Waals surface area contributed by atoms with Gasteiger partial charge in [0, 0.05) is 45.1 Å². The predicted octanol–water partition coefficient (Wildman–Crippen LogP) is 1.79. The van der Waals surface area contributed by atoms with Gasteiger partial charge in [0.25, 0.3) is 0 Å². The van der Waals surface area contributed by atoms with Crippen molar-refractivity contribution in [1.29, 1.82) is 0 Å². The van der Waals surface area contributed by atoms with E-state index >= 15 is 0 Å². The van der Waals surface area contributed by atoms with Crippen molar-refractivity contribution in [3.8, 4) is 0 Å². The number of hydrogen-bond donors (Lipinski definition) is 2. The maximum Gasteiger partial charge on any atom is 0.191 e. The molecule has 2 heterocycles. The molecule has 0 amide bonds. The molecule has 8 heteroatoms. The molecule has 7 nitrogen and oxygen atoms in total. The fourth-order valence-corrected chi connectivity index (χ4v) is 3.13. The first-order chi connectivity index (χ1) is 13.7. The molecule has 0 aliphatic carbocycles. The average Bonchev–Trinajstić information content (AvgIpc) is 3.38. The van der Waals surface area contributed by atoms with Crippen LogP contribution in [0.5, 0.6) is 0 Å². The Labute approximate surface area is 165 Å². The van der Waals surface area contributed by atoms with E-state index in [0.717, 1.165) is 76.0 Å². The van der Waals surface area contributed by atoms with Crippen LogP contribution in [0.2, 0.25) is 0 Å². The second-order valence-electron chi connectivity index (χ2n) is 6.94. The SMILES string of the molecule is CCc1nncn1CCNC(=NCC1CCOC1)NCCc1ccc(F)cc1. The Balaban J connectivity index is 1.50. The molecule has 0 spiro atoms. The molecule has 152 valence electrons. The number of aromatic nitrogens is 3. The van der Waals surface area contributed by atoms with Crippen molar-refractivity contribution in [3.05, 3.63) is 47.8 Å². The van der Waals surface area contributed by atoms with E-state index in [4.69, 9.17) is 9.73 Å². The first-order valence-corrected chi connectivity index (χ1v) is 9.95. The van der Waals surface area contributed by atoms with E-state index in [1.807, 2.05) is 16.7 Å². The van der Waals surface area contributed by atoms with Gasteiger partial charge in [-0.05, 0) is 30.5 Å². The lowest BCUT2D eigenvalue weighted by Crippen LogP contribution is -2.40. The predicted molar refractivity (Wildman–Crippen MR) is 107 cm³/mol. The fourth-order valence-electron chi connectivity index (χ4n) is 3.13. The van der Waals surface area contributed by atoms with Gasteiger partial charge in [-0.3, -0.25) is 4.99 Å². The van der Waals surface area contributed by atoms with Crippen LogP contribution in [0.3, 0.4) is 0 Å². The highest BCUT2D eigenvalue weighted by Crippen LogP contribution is 2.12. The number of halogens is 1. The molecule has 1 atom stereocenters. The highest BCUT2D eigenvalue weighted by molar-refractivity contribution is 5.79. The number of guanidine groups is 1. The molecule has 1 aromatic heterocycles. The molecule has 1 fully saturated rings. The summed E-state index contributed by atoms with van der Waals surface area (Å²) < 4.78 is 20.5. The number of aliphatic imine (C=N–C) groups is 1. The maximum atomic E-state index is 13.0. The van der Waals surface area contributed by atoms with Crippen LogP contribution >= 0.6 is 0 Å². The maximum absolute atomic E-state index is 13.0. The summed E-state index contributed by atoms with van der Waals surface area (Å²) >= 11 is 0. The average molecular weight is 388 g/mol.